The zero-order chi connectivity index (χ0) is 14.5. The summed E-state index contributed by atoms with van der Waals surface area (Å²) in [5, 5.41) is 6.18. The van der Waals surface area contributed by atoms with Crippen LogP contribution in [0.5, 0.6) is 0 Å². The van der Waals surface area contributed by atoms with Crippen LogP contribution in [0, 0.1) is 6.92 Å². The Labute approximate surface area is 132 Å². The average molecular weight is 328 g/mol. The molecule has 2 nitrogen and oxygen atoms in total. The Balaban J connectivity index is 1.79. The minimum Gasteiger partial charge on any atom is -0.351 e. The van der Waals surface area contributed by atoms with Gasteiger partial charge in [-0.25, -0.2) is 0 Å². The molecule has 1 amide bonds. The van der Waals surface area contributed by atoms with Gasteiger partial charge in [0.05, 0.1) is 4.88 Å². The van der Waals surface area contributed by atoms with Crippen LogP contribution in [0.25, 0.3) is 0 Å². The molecule has 106 valence electrons. The van der Waals surface area contributed by atoms with Crippen LogP contribution < -0.4 is 5.32 Å². The molecular formula is C15H15Cl2NOS. The van der Waals surface area contributed by atoms with Gasteiger partial charge in [-0.15, -0.1) is 11.3 Å². The van der Waals surface area contributed by atoms with E-state index in [4.69, 9.17) is 23.2 Å². The maximum atomic E-state index is 11.9. The third-order valence-electron chi connectivity index (χ3n) is 2.99. The van der Waals surface area contributed by atoms with Crippen molar-refractivity contribution in [2.75, 3.05) is 6.54 Å². The van der Waals surface area contributed by atoms with E-state index in [0.29, 0.717) is 16.6 Å². The van der Waals surface area contributed by atoms with Gasteiger partial charge in [0.25, 0.3) is 5.91 Å². The topological polar surface area (TPSA) is 29.1 Å². The molecule has 5 heteroatoms. The normalized spacial score (nSPS) is 10.6. The van der Waals surface area contributed by atoms with Crippen LogP contribution in [0.1, 0.15) is 27.2 Å². The Hall–Kier alpha value is -1.03. The van der Waals surface area contributed by atoms with E-state index < -0.39 is 0 Å². The van der Waals surface area contributed by atoms with Crippen LogP contribution in [-0.4, -0.2) is 12.5 Å². The number of nitrogens with one attached hydrogen (secondary N) is 1. The molecule has 0 aliphatic heterocycles. The van der Waals surface area contributed by atoms with Crippen LogP contribution in [0.4, 0.5) is 0 Å². The molecule has 2 rings (SSSR count). The summed E-state index contributed by atoms with van der Waals surface area (Å²) in [5.74, 6) is -0.000275. The maximum Gasteiger partial charge on any atom is 0.261 e. The number of rotatable bonds is 5. The average Bonchev–Trinajstić information content (AvgIpc) is 2.83. The lowest BCUT2D eigenvalue weighted by Crippen LogP contribution is -2.24. The third-order valence-corrected chi connectivity index (χ3v) is 4.59. The Morgan fingerprint density at radius 1 is 1.30 bits per heavy atom. The van der Waals surface area contributed by atoms with Crippen molar-refractivity contribution in [1.82, 2.24) is 5.32 Å². The highest BCUT2D eigenvalue weighted by Gasteiger charge is 2.09. The van der Waals surface area contributed by atoms with Crippen LogP contribution in [0.2, 0.25) is 10.0 Å². The molecule has 20 heavy (non-hydrogen) atoms. The van der Waals surface area contributed by atoms with E-state index in [-0.39, 0.29) is 5.91 Å². The zero-order valence-electron chi connectivity index (χ0n) is 11.1. The van der Waals surface area contributed by atoms with Crippen molar-refractivity contribution in [3.63, 3.8) is 0 Å². The highest BCUT2D eigenvalue weighted by atomic mass is 35.5. The van der Waals surface area contributed by atoms with Gasteiger partial charge in [0, 0.05) is 16.6 Å². The molecule has 2 aromatic rings. The van der Waals surface area contributed by atoms with Crippen LogP contribution >= 0.6 is 34.5 Å². The molecular weight excluding hydrogens is 313 g/mol. The van der Waals surface area contributed by atoms with Gasteiger partial charge in [0.15, 0.2) is 0 Å². The summed E-state index contributed by atoms with van der Waals surface area (Å²) >= 11 is 13.4. The van der Waals surface area contributed by atoms with Crippen LogP contribution in [0.3, 0.4) is 0 Å². The SMILES string of the molecule is Cc1ccsc1C(=O)NCCCc1ccc(Cl)cc1Cl. The van der Waals surface area contributed by atoms with Gasteiger partial charge in [-0.2, -0.15) is 0 Å². The number of halogens is 2. The molecule has 1 aromatic carbocycles. The lowest BCUT2D eigenvalue weighted by molar-refractivity contribution is 0.0957. The van der Waals surface area contributed by atoms with Crippen LogP contribution in [-0.2, 0) is 6.42 Å². The molecule has 0 aliphatic carbocycles. The van der Waals surface area contributed by atoms with Gasteiger partial charge >= 0.3 is 0 Å². The standard InChI is InChI=1S/C15H15Cl2NOS/c1-10-6-8-20-14(10)15(19)18-7-2-3-11-4-5-12(16)9-13(11)17/h4-6,8-9H,2-3,7H2,1H3,(H,18,19). The minimum atomic E-state index is -0.000275. The molecule has 0 aliphatic rings. The summed E-state index contributed by atoms with van der Waals surface area (Å²) in [6.45, 7) is 2.58. The van der Waals surface area contributed by atoms with Crippen molar-refractivity contribution in [2.24, 2.45) is 0 Å². The van der Waals surface area contributed by atoms with Gasteiger partial charge in [0.2, 0.25) is 0 Å². The highest BCUT2D eigenvalue weighted by molar-refractivity contribution is 7.12. The molecule has 1 heterocycles. The van der Waals surface area contributed by atoms with Gasteiger partial charge in [-0.1, -0.05) is 29.3 Å². The number of hydrogen-bond donors (Lipinski definition) is 1. The first-order valence-electron chi connectivity index (χ1n) is 6.34. The highest BCUT2D eigenvalue weighted by Crippen LogP contribution is 2.22. The van der Waals surface area contributed by atoms with E-state index >= 15 is 0 Å². The Bertz CT molecular complexity index is 610. The first kappa shape index (κ1) is 15.4. The summed E-state index contributed by atoms with van der Waals surface area (Å²) in [4.78, 5) is 12.7. The fourth-order valence-corrected chi connectivity index (χ4v) is 3.24. The van der Waals surface area contributed by atoms with E-state index in [2.05, 4.69) is 5.32 Å². The van der Waals surface area contributed by atoms with Crippen LogP contribution in [0.15, 0.2) is 29.6 Å². The van der Waals surface area contributed by atoms with Gasteiger partial charge in [-0.05, 0) is 54.5 Å². The van der Waals surface area contributed by atoms with Crippen molar-refractivity contribution in [1.29, 1.82) is 0 Å². The molecule has 0 unspecified atom stereocenters. The first-order chi connectivity index (χ1) is 9.58. The third kappa shape index (κ3) is 3.98. The van der Waals surface area contributed by atoms with E-state index in [0.717, 1.165) is 28.8 Å². The van der Waals surface area contributed by atoms with E-state index in [1.54, 1.807) is 6.07 Å². The lowest BCUT2D eigenvalue weighted by Gasteiger charge is -2.06. The summed E-state index contributed by atoms with van der Waals surface area (Å²) in [6.07, 6.45) is 1.66. The summed E-state index contributed by atoms with van der Waals surface area (Å²) < 4.78 is 0. The predicted molar refractivity (Wildman–Crippen MR) is 86.2 cm³/mol. The number of thiophene rings is 1. The first-order valence-corrected chi connectivity index (χ1v) is 7.97. The monoisotopic (exact) mass is 327 g/mol. The second-order valence-corrected chi connectivity index (χ2v) is 6.29. The van der Waals surface area contributed by atoms with Crippen molar-refractivity contribution in [2.45, 2.75) is 19.8 Å². The number of aryl methyl sites for hydroxylation is 2. The number of carbonyl (C=O) groups is 1. The fourth-order valence-electron chi connectivity index (χ4n) is 1.89. The molecule has 1 N–H and O–H groups in total. The number of carbonyl (C=O) groups excluding carboxylic acids is 1. The molecule has 0 spiro atoms. The molecule has 0 saturated carbocycles. The molecule has 0 bridgehead atoms. The summed E-state index contributed by atoms with van der Waals surface area (Å²) in [7, 11) is 0. The smallest absolute Gasteiger partial charge is 0.261 e. The van der Waals surface area contributed by atoms with Crippen molar-refractivity contribution in [3.8, 4) is 0 Å². The Morgan fingerprint density at radius 3 is 2.75 bits per heavy atom. The lowest BCUT2D eigenvalue weighted by atomic mass is 10.1. The second kappa shape index (κ2) is 7.11. The van der Waals surface area contributed by atoms with Crippen molar-refractivity contribution in [3.05, 3.63) is 55.7 Å². The molecule has 1 aromatic heterocycles. The van der Waals surface area contributed by atoms with E-state index in [1.807, 2.05) is 30.5 Å². The predicted octanol–water partition coefficient (Wildman–Crippen LogP) is 4.73. The quantitative estimate of drug-likeness (QED) is 0.790. The van der Waals surface area contributed by atoms with Gasteiger partial charge < -0.3 is 5.32 Å². The molecule has 0 fully saturated rings. The Kier molecular flexibility index (Phi) is 5.46. The number of benzene rings is 1. The van der Waals surface area contributed by atoms with Gasteiger partial charge in [-0.3, -0.25) is 4.79 Å². The molecule has 0 atom stereocenters. The largest absolute Gasteiger partial charge is 0.351 e. The minimum absolute atomic E-state index is 0.000275. The Morgan fingerprint density at radius 2 is 2.10 bits per heavy atom. The van der Waals surface area contributed by atoms with Crippen molar-refractivity contribution >= 4 is 40.4 Å². The van der Waals surface area contributed by atoms with E-state index in [9.17, 15) is 4.79 Å². The van der Waals surface area contributed by atoms with Crippen molar-refractivity contribution < 1.29 is 4.79 Å². The fraction of sp³-hybridized carbons (Fsp3) is 0.267. The maximum absolute atomic E-state index is 11.9. The van der Waals surface area contributed by atoms with Gasteiger partial charge in [0.1, 0.15) is 0 Å². The number of amides is 1. The molecule has 0 saturated heterocycles. The zero-order valence-corrected chi connectivity index (χ0v) is 13.4. The van der Waals surface area contributed by atoms with E-state index in [1.165, 1.54) is 11.3 Å². The molecule has 0 radical (unpaired) electrons. The number of hydrogen-bond acceptors (Lipinski definition) is 2. The summed E-state index contributed by atoms with van der Waals surface area (Å²) in [5.41, 5.74) is 2.07. The second-order valence-electron chi connectivity index (χ2n) is 4.53. The summed E-state index contributed by atoms with van der Waals surface area (Å²) in [6, 6.07) is 7.45.